The molecule has 0 saturated heterocycles. The van der Waals surface area contributed by atoms with Crippen molar-refractivity contribution in [1.82, 2.24) is 9.97 Å². The van der Waals surface area contributed by atoms with Crippen molar-refractivity contribution in [3.8, 4) is 0 Å². The molecule has 0 atom stereocenters. The van der Waals surface area contributed by atoms with Gasteiger partial charge in [0.05, 0.1) is 12.2 Å². The molecule has 0 spiro atoms. The van der Waals surface area contributed by atoms with Crippen LogP contribution in [0.5, 0.6) is 0 Å². The Morgan fingerprint density at radius 1 is 1.35 bits per heavy atom. The number of aromatic amines is 1. The van der Waals surface area contributed by atoms with Crippen molar-refractivity contribution < 1.29 is 9.53 Å². The molecule has 20 heavy (non-hydrogen) atoms. The number of hydrogen-bond donors (Lipinski definition) is 1. The molecule has 0 aliphatic carbocycles. The van der Waals surface area contributed by atoms with Gasteiger partial charge in [-0.1, -0.05) is 0 Å². The van der Waals surface area contributed by atoms with Crippen LogP contribution in [-0.2, 0) is 4.74 Å². The number of halogens is 1. The Morgan fingerprint density at radius 3 is 2.90 bits per heavy atom. The molecule has 0 aliphatic rings. The number of H-pyrrole nitrogens is 1. The lowest BCUT2D eigenvalue weighted by Crippen LogP contribution is -2.05. The highest BCUT2D eigenvalue weighted by Gasteiger charge is 2.15. The summed E-state index contributed by atoms with van der Waals surface area (Å²) in [5.74, 6) is -0.330. The molecule has 0 aliphatic heterocycles. The normalized spacial score (nSPS) is 11.2. The number of aryl methyl sites for hydroxylation is 1. The maximum Gasteiger partial charge on any atom is 0.339 e. The number of aromatic nitrogens is 2. The molecule has 102 valence electrons. The van der Waals surface area contributed by atoms with Crippen LogP contribution in [-0.4, -0.2) is 22.5 Å². The summed E-state index contributed by atoms with van der Waals surface area (Å²) in [5, 5.41) is 2.09. The number of nitrogens with zero attached hydrogens (tertiary/aromatic N) is 1. The van der Waals surface area contributed by atoms with Crippen LogP contribution in [0.25, 0.3) is 21.9 Å². The van der Waals surface area contributed by atoms with E-state index in [0.29, 0.717) is 12.2 Å². The second-order valence-electron chi connectivity index (χ2n) is 4.63. The predicted molar refractivity (Wildman–Crippen MR) is 82.0 cm³/mol. The minimum Gasteiger partial charge on any atom is -0.462 e. The number of esters is 1. The largest absolute Gasteiger partial charge is 0.462 e. The summed E-state index contributed by atoms with van der Waals surface area (Å²) in [7, 11) is 0. The van der Waals surface area contributed by atoms with E-state index in [0.717, 1.165) is 32.0 Å². The number of carbonyl (C=O) groups is 1. The number of rotatable bonds is 2. The average Bonchev–Trinajstić information content (AvgIpc) is 2.75. The molecule has 2 aromatic heterocycles. The first-order chi connectivity index (χ1) is 9.60. The molecule has 4 nitrogen and oxygen atoms in total. The number of nitrogens with one attached hydrogen (secondary N) is 1. The molecule has 3 rings (SSSR count). The van der Waals surface area contributed by atoms with Crippen LogP contribution in [0.15, 0.2) is 28.9 Å². The lowest BCUT2D eigenvalue weighted by atomic mass is 10.1. The molecule has 0 unspecified atom stereocenters. The number of fused-ring (bicyclic) bond motifs is 3. The fraction of sp³-hybridized carbons (Fsp3) is 0.200. The zero-order valence-electron chi connectivity index (χ0n) is 11.2. The highest BCUT2D eigenvalue weighted by atomic mass is 79.9. The summed E-state index contributed by atoms with van der Waals surface area (Å²) in [4.78, 5) is 19.5. The smallest absolute Gasteiger partial charge is 0.339 e. The molecular formula is C15H13BrN2O2. The first-order valence-electron chi connectivity index (χ1n) is 6.35. The Labute approximate surface area is 124 Å². The van der Waals surface area contributed by atoms with E-state index in [1.54, 1.807) is 13.0 Å². The Hall–Kier alpha value is -1.88. The van der Waals surface area contributed by atoms with Crippen LogP contribution in [0.4, 0.5) is 0 Å². The summed E-state index contributed by atoms with van der Waals surface area (Å²) >= 11 is 3.44. The SMILES string of the molecule is CCOC(=O)c1cc2[nH]c3ncc(C)cc3c2cc1Br. The summed E-state index contributed by atoms with van der Waals surface area (Å²) < 4.78 is 5.78. The van der Waals surface area contributed by atoms with Gasteiger partial charge in [-0.3, -0.25) is 0 Å². The maximum atomic E-state index is 11.9. The van der Waals surface area contributed by atoms with Crippen molar-refractivity contribution in [2.45, 2.75) is 13.8 Å². The second-order valence-corrected chi connectivity index (χ2v) is 5.49. The van der Waals surface area contributed by atoms with Crippen molar-refractivity contribution in [3.63, 3.8) is 0 Å². The van der Waals surface area contributed by atoms with E-state index in [1.807, 2.05) is 19.2 Å². The van der Waals surface area contributed by atoms with Crippen LogP contribution in [0, 0.1) is 6.92 Å². The van der Waals surface area contributed by atoms with Gasteiger partial charge in [-0.2, -0.15) is 0 Å². The fourth-order valence-corrected chi connectivity index (χ4v) is 2.77. The van der Waals surface area contributed by atoms with E-state index in [9.17, 15) is 4.79 Å². The van der Waals surface area contributed by atoms with Crippen molar-refractivity contribution in [3.05, 3.63) is 40.0 Å². The van der Waals surface area contributed by atoms with Gasteiger partial charge in [0.25, 0.3) is 0 Å². The molecule has 1 N–H and O–H groups in total. The summed E-state index contributed by atoms with van der Waals surface area (Å²) in [6, 6.07) is 5.81. The van der Waals surface area contributed by atoms with E-state index in [2.05, 4.69) is 32.0 Å². The first-order valence-corrected chi connectivity index (χ1v) is 7.14. The van der Waals surface area contributed by atoms with Crippen molar-refractivity contribution >= 4 is 43.8 Å². The molecule has 0 bridgehead atoms. The lowest BCUT2D eigenvalue weighted by molar-refractivity contribution is 0.0525. The van der Waals surface area contributed by atoms with Gasteiger partial charge in [-0.15, -0.1) is 0 Å². The van der Waals surface area contributed by atoms with Crippen LogP contribution in [0.3, 0.4) is 0 Å². The Morgan fingerprint density at radius 2 is 2.15 bits per heavy atom. The number of benzene rings is 1. The molecule has 0 radical (unpaired) electrons. The van der Waals surface area contributed by atoms with Gasteiger partial charge in [0.1, 0.15) is 5.65 Å². The molecular weight excluding hydrogens is 320 g/mol. The molecule has 0 amide bonds. The standard InChI is InChI=1S/C15H13BrN2O2/c1-3-20-15(19)11-6-13-9(5-12(11)16)10-4-8(2)7-17-14(10)18-13/h4-7H,3H2,1-2H3,(H,17,18). The van der Waals surface area contributed by atoms with Gasteiger partial charge in [-0.05, 0) is 53.5 Å². The van der Waals surface area contributed by atoms with Crippen LogP contribution >= 0.6 is 15.9 Å². The van der Waals surface area contributed by atoms with Gasteiger partial charge >= 0.3 is 5.97 Å². The molecule has 3 aromatic rings. The Bertz CT molecular complexity index is 823. The second kappa shape index (κ2) is 4.90. The van der Waals surface area contributed by atoms with Gasteiger partial charge in [0.2, 0.25) is 0 Å². The summed E-state index contributed by atoms with van der Waals surface area (Å²) in [6.45, 7) is 4.16. The zero-order chi connectivity index (χ0) is 14.3. The third-order valence-corrected chi connectivity index (χ3v) is 3.83. The number of hydrogen-bond acceptors (Lipinski definition) is 3. The Kier molecular flexibility index (Phi) is 3.22. The van der Waals surface area contributed by atoms with Gasteiger partial charge in [0, 0.05) is 27.0 Å². The molecule has 0 saturated carbocycles. The fourth-order valence-electron chi connectivity index (χ4n) is 2.27. The maximum absolute atomic E-state index is 11.9. The highest BCUT2D eigenvalue weighted by Crippen LogP contribution is 2.30. The third-order valence-electron chi connectivity index (χ3n) is 3.17. The first kappa shape index (κ1) is 13.1. The average molecular weight is 333 g/mol. The molecule has 1 aromatic carbocycles. The molecule has 0 fully saturated rings. The summed E-state index contributed by atoms with van der Waals surface area (Å²) in [6.07, 6.45) is 1.82. The van der Waals surface area contributed by atoms with Crippen molar-refractivity contribution in [1.29, 1.82) is 0 Å². The van der Waals surface area contributed by atoms with E-state index < -0.39 is 0 Å². The van der Waals surface area contributed by atoms with Crippen LogP contribution in [0.2, 0.25) is 0 Å². The van der Waals surface area contributed by atoms with Gasteiger partial charge < -0.3 is 9.72 Å². The zero-order valence-corrected chi connectivity index (χ0v) is 12.7. The minimum atomic E-state index is -0.330. The van der Waals surface area contributed by atoms with E-state index in [-0.39, 0.29) is 5.97 Å². The number of ether oxygens (including phenoxy) is 1. The van der Waals surface area contributed by atoms with Gasteiger partial charge in [0.15, 0.2) is 0 Å². The van der Waals surface area contributed by atoms with E-state index >= 15 is 0 Å². The minimum absolute atomic E-state index is 0.330. The number of pyridine rings is 1. The van der Waals surface area contributed by atoms with Crippen LogP contribution < -0.4 is 0 Å². The third kappa shape index (κ3) is 2.08. The van der Waals surface area contributed by atoms with E-state index in [4.69, 9.17) is 4.74 Å². The quantitative estimate of drug-likeness (QED) is 0.722. The molecule has 2 heterocycles. The molecule has 5 heteroatoms. The highest BCUT2D eigenvalue weighted by molar-refractivity contribution is 9.10. The predicted octanol–water partition coefficient (Wildman–Crippen LogP) is 3.96. The van der Waals surface area contributed by atoms with Crippen molar-refractivity contribution in [2.24, 2.45) is 0 Å². The lowest BCUT2D eigenvalue weighted by Gasteiger charge is -2.04. The topological polar surface area (TPSA) is 55.0 Å². The van der Waals surface area contributed by atoms with Gasteiger partial charge in [-0.25, -0.2) is 9.78 Å². The number of carbonyl (C=O) groups excluding carboxylic acids is 1. The van der Waals surface area contributed by atoms with E-state index in [1.165, 1.54) is 0 Å². The van der Waals surface area contributed by atoms with Crippen LogP contribution in [0.1, 0.15) is 22.8 Å². The summed E-state index contributed by atoms with van der Waals surface area (Å²) in [5.41, 5.74) is 3.31. The monoisotopic (exact) mass is 332 g/mol. The Balaban J connectivity index is 2.26. The van der Waals surface area contributed by atoms with Crippen molar-refractivity contribution in [2.75, 3.05) is 6.61 Å².